The number of hydrogen-bond donors (Lipinski definition) is 1. The van der Waals surface area contributed by atoms with Gasteiger partial charge in [0.25, 0.3) is 0 Å². The fourth-order valence-electron chi connectivity index (χ4n) is 1.74. The Morgan fingerprint density at radius 3 is 3.06 bits per heavy atom. The predicted octanol–water partition coefficient (Wildman–Crippen LogP) is 2.62. The summed E-state index contributed by atoms with van der Waals surface area (Å²) in [6.45, 7) is 2.31. The lowest BCUT2D eigenvalue weighted by molar-refractivity contribution is 0.199. The summed E-state index contributed by atoms with van der Waals surface area (Å²) < 4.78 is 4.99. The topological polar surface area (TPSA) is 34.1 Å². The summed E-state index contributed by atoms with van der Waals surface area (Å²) in [5.74, 6) is 0. The van der Waals surface area contributed by atoms with Gasteiger partial charge in [-0.2, -0.15) is 0 Å². The molecule has 0 aliphatic heterocycles. The highest BCUT2D eigenvalue weighted by atomic mass is 35.5. The molecule has 0 aliphatic rings. The van der Waals surface area contributed by atoms with Crippen LogP contribution in [-0.4, -0.2) is 25.2 Å². The zero-order chi connectivity index (χ0) is 12.1. The van der Waals surface area contributed by atoms with Crippen molar-refractivity contribution in [2.75, 3.05) is 20.3 Å². The number of ether oxygens (including phenoxy) is 1. The molecule has 0 fully saturated rings. The molecule has 0 spiro atoms. The van der Waals surface area contributed by atoms with Gasteiger partial charge in [-0.1, -0.05) is 17.7 Å². The maximum Gasteiger partial charge on any atom is 0.0761 e. The van der Waals surface area contributed by atoms with E-state index in [9.17, 15) is 0 Å². The van der Waals surface area contributed by atoms with E-state index >= 15 is 0 Å². The highest BCUT2D eigenvalue weighted by Crippen LogP contribution is 2.24. The monoisotopic (exact) mass is 250 g/mol. The number of fused-ring (bicyclic) bond motifs is 1. The Kier molecular flexibility index (Phi) is 4.31. The Morgan fingerprint density at radius 2 is 2.24 bits per heavy atom. The highest BCUT2D eigenvalue weighted by Gasteiger charge is 2.04. The summed E-state index contributed by atoms with van der Waals surface area (Å²) >= 11 is 6.13. The lowest BCUT2D eigenvalue weighted by Crippen LogP contribution is -2.18. The number of benzene rings is 1. The average Bonchev–Trinajstić information content (AvgIpc) is 2.37. The van der Waals surface area contributed by atoms with Crippen LogP contribution in [0.25, 0.3) is 10.9 Å². The van der Waals surface area contributed by atoms with E-state index < -0.39 is 0 Å². The molecule has 0 amide bonds. The van der Waals surface area contributed by atoms with Gasteiger partial charge in [0.15, 0.2) is 0 Å². The smallest absolute Gasteiger partial charge is 0.0761 e. The van der Waals surface area contributed by atoms with Crippen LogP contribution in [0.1, 0.15) is 5.56 Å². The summed E-state index contributed by atoms with van der Waals surface area (Å²) in [7, 11) is 1.70. The van der Waals surface area contributed by atoms with Crippen LogP contribution < -0.4 is 5.32 Å². The quantitative estimate of drug-likeness (QED) is 0.829. The van der Waals surface area contributed by atoms with Gasteiger partial charge >= 0.3 is 0 Å². The molecule has 0 unspecified atom stereocenters. The van der Waals surface area contributed by atoms with Gasteiger partial charge < -0.3 is 10.1 Å². The number of rotatable bonds is 5. The first-order chi connectivity index (χ1) is 8.33. The number of nitrogens with zero attached hydrogens (tertiary/aromatic N) is 1. The standard InChI is InChI=1S/C13H15ClN2O/c1-17-8-7-15-9-10-4-5-12(14)11-3-2-6-16-13(10)11/h2-6,15H,7-9H2,1H3. The second-order valence-corrected chi connectivity index (χ2v) is 4.18. The van der Waals surface area contributed by atoms with Crippen molar-refractivity contribution in [3.8, 4) is 0 Å². The lowest BCUT2D eigenvalue weighted by atomic mass is 10.1. The first-order valence-corrected chi connectivity index (χ1v) is 5.92. The van der Waals surface area contributed by atoms with Gasteiger partial charge in [0.1, 0.15) is 0 Å². The van der Waals surface area contributed by atoms with Gasteiger partial charge in [-0.15, -0.1) is 0 Å². The SMILES string of the molecule is COCCNCc1ccc(Cl)c2cccnc12. The number of nitrogens with one attached hydrogen (secondary N) is 1. The third kappa shape index (κ3) is 2.94. The normalized spacial score (nSPS) is 10.9. The Hall–Kier alpha value is -1.16. The van der Waals surface area contributed by atoms with Crippen LogP contribution >= 0.6 is 11.6 Å². The van der Waals surface area contributed by atoms with Crippen molar-refractivity contribution < 1.29 is 4.74 Å². The van der Waals surface area contributed by atoms with Crippen molar-refractivity contribution in [1.82, 2.24) is 10.3 Å². The molecule has 1 N–H and O–H groups in total. The van der Waals surface area contributed by atoms with Gasteiger partial charge in [-0.3, -0.25) is 4.98 Å². The minimum Gasteiger partial charge on any atom is -0.383 e. The fraction of sp³-hybridized carbons (Fsp3) is 0.308. The molecular formula is C13H15ClN2O. The molecule has 1 aromatic carbocycles. The van der Waals surface area contributed by atoms with E-state index in [0.29, 0.717) is 6.61 Å². The van der Waals surface area contributed by atoms with Crippen LogP contribution in [-0.2, 0) is 11.3 Å². The van der Waals surface area contributed by atoms with E-state index in [0.717, 1.165) is 34.6 Å². The molecule has 0 saturated heterocycles. The number of halogens is 1. The Balaban J connectivity index is 2.20. The molecule has 0 saturated carbocycles. The summed E-state index contributed by atoms with van der Waals surface area (Å²) in [4.78, 5) is 4.39. The van der Waals surface area contributed by atoms with E-state index in [1.807, 2.05) is 24.3 Å². The summed E-state index contributed by atoms with van der Waals surface area (Å²) in [6.07, 6.45) is 1.79. The van der Waals surface area contributed by atoms with Gasteiger partial charge in [-0.25, -0.2) is 0 Å². The first-order valence-electron chi connectivity index (χ1n) is 5.54. The molecule has 4 heteroatoms. The van der Waals surface area contributed by atoms with Crippen molar-refractivity contribution in [3.05, 3.63) is 41.0 Å². The zero-order valence-corrected chi connectivity index (χ0v) is 10.5. The van der Waals surface area contributed by atoms with E-state index in [1.54, 1.807) is 13.3 Å². The summed E-state index contributed by atoms with van der Waals surface area (Å²) in [5.41, 5.74) is 2.12. The fourth-order valence-corrected chi connectivity index (χ4v) is 1.95. The van der Waals surface area contributed by atoms with E-state index in [-0.39, 0.29) is 0 Å². The van der Waals surface area contributed by atoms with Crippen LogP contribution in [0.4, 0.5) is 0 Å². The van der Waals surface area contributed by atoms with Crippen LogP contribution in [0.2, 0.25) is 5.02 Å². The van der Waals surface area contributed by atoms with Crippen molar-refractivity contribution in [3.63, 3.8) is 0 Å². The van der Waals surface area contributed by atoms with Crippen LogP contribution in [0.3, 0.4) is 0 Å². The number of methoxy groups -OCH3 is 1. The molecule has 0 atom stereocenters. The first kappa shape index (κ1) is 12.3. The second kappa shape index (κ2) is 5.96. The molecule has 0 radical (unpaired) electrons. The van der Waals surface area contributed by atoms with Gasteiger partial charge in [0.05, 0.1) is 12.1 Å². The summed E-state index contributed by atoms with van der Waals surface area (Å²) in [6, 6.07) is 7.82. The largest absolute Gasteiger partial charge is 0.383 e. The van der Waals surface area contributed by atoms with Crippen LogP contribution in [0.15, 0.2) is 30.5 Å². The third-order valence-corrected chi connectivity index (χ3v) is 2.93. The predicted molar refractivity (Wildman–Crippen MR) is 70.3 cm³/mol. The number of aromatic nitrogens is 1. The number of hydrogen-bond acceptors (Lipinski definition) is 3. The minimum atomic E-state index is 0.707. The minimum absolute atomic E-state index is 0.707. The molecule has 1 heterocycles. The molecule has 0 bridgehead atoms. The van der Waals surface area contributed by atoms with E-state index in [2.05, 4.69) is 10.3 Å². The third-order valence-electron chi connectivity index (χ3n) is 2.60. The van der Waals surface area contributed by atoms with E-state index in [4.69, 9.17) is 16.3 Å². The maximum absolute atomic E-state index is 6.13. The second-order valence-electron chi connectivity index (χ2n) is 3.78. The Morgan fingerprint density at radius 1 is 1.35 bits per heavy atom. The Labute approximate surface area is 106 Å². The molecule has 2 rings (SSSR count). The Bertz CT molecular complexity index is 502. The lowest BCUT2D eigenvalue weighted by Gasteiger charge is -2.08. The molecule has 3 nitrogen and oxygen atoms in total. The van der Waals surface area contributed by atoms with Crippen molar-refractivity contribution in [1.29, 1.82) is 0 Å². The van der Waals surface area contributed by atoms with Crippen LogP contribution in [0.5, 0.6) is 0 Å². The maximum atomic E-state index is 6.13. The van der Waals surface area contributed by atoms with Crippen LogP contribution in [0, 0.1) is 0 Å². The molecule has 90 valence electrons. The van der Waals surface area contributed by atoms with Crippen molar-refractivity contribution in [2.45, 2.75) is 6.54 Å². The average molecular weight is 251 g/mol. The molecule has 0 aliphatic carbocycles. The zero-order valence-electron chi connectivity index (χ0n) is 9.74. The highest BCUT2D eigenvalue weighted by molar-refractivity contribution is 6.35. The van der Waals surface area contributed by atoms with Crippen molar-refractivity contribution >= 4 is 22.5 Å². The van der Waals surface area contributed by atoms with E-state index in [1.165, 1.54) is 0 Å². The van der Waals surface area contributed by atoms with Crippen molar-refractivity contribution in [2.24, 2.45) is 0 Å². The molecule has 1 aromatic heterocycles. The van der Waals surface area contributed by atoms with Gasteiger partial charge in [0.2, 0.25) is 0 Å². The summed E-state index contributed by atoms with van der Waals surface area (Å²) in [5, 5.41) is 5.05. The molecular weight excluding hydrogens is 236 g/mol. The van der Waals surface area contributed by atoms with Gasteiger partial charge in [-0.05, 0) is 23.8 Å². The van der Waals surface area contributed by atoms with Gasteiger partial charge in [0, 0.05) is 36.8 Å². The molecule has 2 aromatic rings. The number of pyridine rings is 1. The molecule has 17 heavy (non-hydrogen) atoms.